The lowest BCUT2D eigenvalue weighted by Crippen LogP contribution is -2.34. The van der Waals surface area contributed by atoms with Crippen molar-refractivity contribution in [3.8, 4) is 5.75 Å². The summed E-state index contributed by atoms with van der Waals surface area (Å²) in [5, 5.41) is 9.09. The third-order valence-electron chi connectivity index (χ3n) is 2.99. The standard InChI is InChI=1S/C14H18F3NO5S/c1-9(2)7-10(13(19)20)8-18-24(21,22)12-6-4-3-5-11(12)23-14(15,16)17/h3-6,9-10,18H,7-8H2,1-2H3,(H,19,20). The van der Waals surface area contributed by atoms with Gasteiger partial charge in [0.25, 0.3) is 0 Å². The molecule has 0 bridgehead atoms. The lowest BCUT2D eigenvalue weighted by Gasteiger charge is -2.17. The molecule has 0 heterocycles. The first-order valence-electron chi connectivity index (χ1n) is 6.99. The molecule has 1 rings (SSSR count). The number of hydrogen-bond donors (Lipinski definition) is 2. The quantitative estimate of drug-likeness (QED) is 0.735. The Labute approximate surface area is 137 Å². The van der Waals surface area contributed by atoms with Crippen LogP contribution < -0.4 is 9.46 Å². The smallest absolute Gasteiger partial charge is 0.481 e. The molecule has 1 unspecified atom stereocenters. The van der Waals surface area contributed by atoms with Crippen molar-refractivity contribution in [1.82, 2.24) is 4.72 Å². The molecule has 0 radical (unpaired) electrons. The van der Waals surface area contributed by atoms with Crippen molar-refractivity contribution in [1.29, 1.82) is 0 Å². The van der Waals surface area contributed by atoms with Crippen LogP contribution in [0, 0.1) is 11.8 Å². The van der Waals surface area contributed by atoms with E-state index in [9.17, 15) is 26.4 Å². The SMILES string of the molecule is CC(C)CC(CNS(=O)(=O)c1ccccc1OC(F)(F)F)C(=O)O. The van der Waals surface area contributed by atoms with Crippen molar-refractivity contribution in [3.05, 3.63) is 24.3 Å². The number of nitrogens with one attached hydrogen (secondary N) is 1. The van der Waals surface area contributed by atoms with Crippen LogP contribution in [0.3, 0.4) is 0 Å². The number of aliphatic carboxylic acids is 1. The van der Waals surface area contributed by atoms with Crippen LogP contribution >= 0.6 is 0 Å². The molecule has 10 heteroatoms. The van der Waals surface area contributed by atoms with Gasteiger partial charge in [0.05, 0.1) is 5.92 Å². The Morgan fingerprint density at radius 2 is 1.88 bits per heavy atom. The molecule has 1 aromatic carbocycles. The van der Waals surface area contributed by atoms with Crippen molar-refractivity contribution in [2.75, 3.05) is 6.54 Å². The third-order valence-corrected chi connectivity index (χ3v) is 4.45. The van der Waals surface area contributed by atoms with E-state index in [2.05, 4.69) is 4.74 Å². The van der Waals surface area contributed by atoms with Crippen molar-refractivity contribution in [2.45, 2.75) is 31.5 Å². The third kappa shape index (κ3) is 6.36. The first-order chi connectivity index (χ1) is 10.9. The van der Waals surface area contributed by atoms with Crippen LogP contribution in [0.1, 0.15) is 20.3 Å². The molecular weight excluding hydrogens is 351 g/mol. The molecular formula is C14H18F3NO5S. The normalized spacial score (nSPS) is 13.8. The van der Waals surface area contributed by atoms with Crippen LogP contribution in [-0.4, -0.2) is 32.4 Å². The number of halogens is 3. The second-order valence-corrected chi connectivity index (χ2v) is 7.25. The van der Waals surface area contributed by atoms with E-state index in [1.54, 1.807) is 13.8 Å². The zero-order valence-corrected chi connectivity index (χ0v) is 13.8. The molecule has 6 nitrogen and oxygen atoms in total. The minimum absolute atomic E-state index is 0.0106. The van der Waals surface area contributed by atoms with Gasteiger partial charge >= 0.3 is 12.3 Å². The highest BCUT2D eigenvalue weighted by Gasteiger charge is 2.34. The number of carboxylic acid groups (broad SMARTS) is 1. The number of sulfonamides is 1. The number of carboxylic acids is 1. The zero-order valence-electron chi connectivity index (χ0n) is 13.0. The molecule has 0 aliphatic carbocycles. The molecule has 0 spiro atoms. The van der Waals surface area contributed by atoms with Crippen LogP contribution in [0.4, 0.5) is 13.2 Å². The minimum Gasteiger partial charge on any atom is -0.481 e. The monoisotopic (exact) mass is 369 g/mol. The number of benzene rings is 1. The number of carbonyl (C=O) groups is 1. The Kier molecular flexibility index (Phi) is 6.61. The maximum Gasteiger partial charge on any atom is 0.573 e. The largest absolute Gasteiger partial charge is 0.573 e. The second-order valence-electron chi connectivity index (χ2n) is 5.51. The highest BCUT2D eigenvalue weighted by Crippen LogP contribution is 2.29. The van der Waals surface area contributed by atoms with Crippen molar-refractivity contribution < 1.29 is 36.2 Å². The van der Waals surface area contributed by atoms with Gasteiger partial charge in [0.1, 0.15) is 10.6 Å². The Hall–Kier alpha value is -1.81. The van der Waals surface area contributed by atoms with E-state index in [0.29, 0.717) is 0 Å². The van der Waals surface area contributed by atoms with Crippen molar-refractivity contribution in [3.63, 3.8) is 0 Å². The molecule has 0 amide bonds. The molecule has 0 saturated carbocycles. The van der Waals surface area contributed by atoms with Crippen LogP contribution in [0.5, 0.6) is 5.75 Å². The van der Waals surface area contributed by atoms with Gasteiger partial charge in [-0.05, 0) is 24.5 Å². The summed E-state index contributed by atoms with van der Waals surface area (Å²) >= 11 is 0. The highest BCUT2D eigenvalue weighted by molar-refractivity contribution is 7.89. The molecule has 1 aromatic rings. The van der Waals surface area contributed by atoms with Crippen LogP contribution in [-0.2, 0) is 14.8 Å². The van der Waals surface area contributed by atoms with Gasteiger partial charge in [0.15, 0.2) is 0 Å². The lowest BCUT2D eigenvalue weighted by atomic mass is 9.98. The van der Waals surface area contributed by atoms with E-state index in [4.69, 9.17) is 5.11 Å². The molecule has 2 N–H and O–H groups in total. The molecule has 1 atom stereocenters. The summed E-state index contributed by atoms with van der Waals surface area (Å²) in [4.78, 5) is 10.4. The van der Waals surface area contributed by atoms with Gasteiger partial charge in [0, 0.05) is 6.54 Å². The van der Waals surface area contributed by atoms with Gasteiger partial charge < -0.3 is 9.84 Å². The Morgan fingerprint density at radius 3 is 2.38 bits per heavy atom. The topological polar surface area (TPSA) is 92.7 Å². The fourth-order valence-corrected chi connectivity index (χ4v) is 3.22. The number of alkyl halides is 3. The summed E-state index contributed by atoms with van der Waals surface area (Å²) < 4.78 is 67.2. The van der Waals surface area contributed by atoms with Crippen LogP contribution in [0.15, 0.2) is 29.2 Å². The van der Waals surface area contributed by atoms with E-state index < -0.39 is 45.5 Å². The van der Waals surface area contributed by atoms with E-state index in [0.717, 1.165) is 12.1 Å². The number of para-hydroxylation sites is 1. The van der Waals surface area contributed by atoms with Crippen molar-refractivity contribution >= 4 is 16.0 Å². The lowest BCUT2D eigenvalue weighted by molar-refractivity contribution is -0.275. The Morgan fingerprint density at radius 1 is 1.29 bits per heavy atom. The number of ether oxygens (including phenoxy) is 1. The summed E-state index contributed by atoms with van der Waals surface area (Å²) in [6.45, 7) is 3.12. The minimum atomic E-state index is -5.05. The first kappa shape index (κ1) is 20.2. The molecule has 0 aromatic heterocycles. The van der Waals surface area contributed by atoms with E-state index in [-0.39, 0.29) is 12.3 Å². The molecule has 0 aliphatic heterocycles. The average Bonchev–Trinajstić information content (AvgIpc) is 2.41. The first-order valence-corrected chi connectivity index (χ1v) is 8.48. The fourth-order valence-electron chi connectivity index (χ4n) is 2.01. The summed E-state index contributed by atoms with van der Waals surface area (Å²) in [5.74, 6) is -3.05. The van der Waals surface area contributed by atoms with Gasteiger partial charge in [-0.3, -0.25) is 4.79 Å². The maximum atomic E-state index is 12.4. The van der Waals surface area contributed by atoms with E-state index >= 15 is 0 Å². The van der Waals surface area contributed by atoms with Crippen LogP contribution in [0.2, 0.25) is 0 Å². The number of rotatable bonds is 8. The van der Waals surface area contributed by atoms with E-state index in [1.165, 1.54) is 12.1 Å². The van der Waals surface area contributed by atoms with Gasteiger partial charge in [-0.1, -0.05) is 26.0 Å². The van der Waals surface area contributed by atoms with E-state index in [1.807, 2.05) is 4.72 Å². The maximum absolute atomic E-state index is 12.4. The Bertz CT molecular complexity index is 673. The Balaban J connectivity index is 2.98. The summed E-state index contributed by atoms with van der Waals surface area (Å²) in [6.07, 6.45) is -4.83. The summed E-state index contributed by atoms with van der Waals surface area (Å²) in [7, 11) is -4.37. The predicted octanol–water partition coefficient (Wildman–Crippen LogP) is 2.61. The fraction of sp³-hybridized carbons (Fsp3) is 0.500. The second kappa shape index (κ2) is 7.84. The van der Waals surface area contributed by atoms with Gasteiger partial charge in [-0.25, -0.2) is 13.1 Å². The zero-order chi connectivity index (χ0) is 18.5. The summed E-state index contributed by atoms with van der Waals surface area (Å²) in [5.41, 5.74) is 0. The molecule has 0 saturated heterocycles. The highest BCUT2D eigenvalue weighted by atomic mass is 32.2. The number of hydrogen-bond acceptors (Lipinski definition) is 4. The van der Waals surface area contributed by atoms with Crippen LogP contribution in [0.25, 0.3) is 0 Å². The van der Waals surface area contributed by atoms with Gasteiger partial charge in [-0.2, -0.15) is 0 Å². The molecule has 0 aliphatic rings. The van der Waals surface area contributed by atoms with Gasteiger partial charge in [0.2, 0.25) is 10.0 Å². The molecule has 24 heavy (non-hydrogen) atoms. The van der Waals surface area contributed by atoms with Crippen molar-refractivity contribution in [2.24, 2.45) is 11.8 Å². The van der Waals surface area contributed by atoms with Gasteiger partial charge in [-0.15, -0.1) is 13.2 Å². The molecule has 0 fully saturated rings. The summed E-state index contributed by atoms with van der Waals surface area (Å²) in [6, 6.07) is 4.24. The average molecular weight is 369 g/mol. The molecule has 136 valence electrons. The predicted molar refractivity (Wildman–Crippen MR) is 78.9 cm³/mol.